The second kappa shape index (κ2) is 2.97. The summed E-state index contributed by atoms with van der Waals surface area (Å²) in [6.07, 6.45) is 0.592. The molecule has 1 heterocycles. The van der Waals surface area contributed by atoms with Crippen molar-refractivity contribution in [3.05, 3.63) is 23.8 Å². The van der Waals surface area contributed by atoms with Crippen molar-refractivity contribution >= 4 is 5.71 Å². The van der Waals surface area contributed by atoms with Crippen LogP contribution in [0.15, 0.2) is 23.4 Å². The zero-order valence-electron chi connectivity index (χ0n) is 6.90. The highest BCUT2D eigenvalue weighted by atomic mass is 16.5. The van der Waals surface area contributed by atoms with Crippen LogP contribution in [0.5, 0.6) is 11.5 Å². The van der Waals surface area contributed by atoms with E-state index in [1.807, 2.05) is 0 Å². The maximum Gasteiger partial charge on any atom is 0.132 e. The maximum atomic E-state index is 9.16. The summed E-state index contributed by atoms with van der Waals surface area (Å²) in [5.74, 6) is 0.719. The summed E-state index contributed by atoms with van der Waals surface area (Å²) < 4.78 is 5.28. The number of hydrogen-bond donors (Lipinski definition) is 2. The van der Waals surface area contributed by atoms with Crippen LogP contribution in [0.4, 0.5) is 0 Å². The number of ether oxygens (including phenoxy) is 1. The van der Waals surface area contributed by atoms with Crippen LogP contribution >= 0.6 is 0 Å². The lowest BCUT2D eigenvalue weighted by molar-refractivity contribution is 0.297. The van der Waals surface area contributed by atoms with Crippen LogP contribution < -0.4 is 4.74 Å². The zero-order valence-corrected chi connectivity index (χ0v) is 6.90. The van der Waals surface area contributed by atoms with Gasteiger partial charge in [-0.3, -0.25) is 0 Å². The third-order valence-corrected chi connectivity index (χ3v) is 1.99. The highest BCUT2D eigenvalue weighted by Crippen LogP contribution is 2.28. The summed E-state index contributed by atoms with van der Waals surface area (Å²) in [4.78, 5) is 0. The summed E-state index contributed by atoms with van der Waals surface area (Å²) >= 11 is 0. The molecule has 0 spiro atoms. The monoisotopic (exact) mass is 179 g/mol. The van der Waals surface area contributed by atoms with Crippen LogP contribution in [0.3, 0.4) is 0 Å². The Morgan fingerprint density at radius 2 is 2.23 bits per heavy atom. The Labute approximate surface area is 75.1 Å². The van der Waals surface area contributed by atoms with Gasteiger partial charge in [-0.1, -0.05) is 5.16 Å². The Hall–Kier alpha value is -1.71. The molecule has 0 amide bonds. The van der Waals surface area contributed by atoms with Crippen molar-refractivity contribution in [1.29, 1.82) is 0 Å². The van der Waals surface area contributed by atoms with Gasteiger partial charge in [0.05, 0.1) is 12.3 Å². The molecule has 13 heavy (non-hydrogen) atoms. The normalized spacial score (nSPS) is 18.0. The second-order valence-electron chi connectivity index (χ2n) is 2.83. The lowest BCUT2D eigenvalue weighted by Crippen LogP contribution is -2.15. The highest BCUT2D eigenvalue weighted by molar-refractivity contribution is 6.03. The van der Waals surface area contributed by atoms with E-state index in [1.54, 1.807) is 12.1 Å². The topological polar surface area (TPSA) is 62.1 Å². The molecule has 0 saturated carbocycles. The van der Waals surface area contributed by atoms with Crippen LogP contribution in [0.2, 0.25) is 0 Å². The molecule has 0 atom stereocenters. The molecule has 1 aromatic carbocycles. The number of aromatic hydroxyl groups is 1. The molecule has 0 aromatic heterocycles. The Bertz CT molecular complexity index is 360. The van der Waals surface area contributed by atoms with Crippen LogP contribution in [0, 0.1) is 0 Å². The number of phenolic OH excluding ortho intramolecular Hbond substituents is 1. The van der Waals surface area contributed by atoms with Crippen LogP contribution in [0.1, 0.15) is 12.0 Å². The van der Waals surface area contributed by atoms with Crippen LogP contribution in [-0.4, -0.2) is 22.6 Å². The average molecular weight is 179 g/mol. The fourth-order valence-electron chi connectivity index (χ4n) is 1.37. The lowest BCUT2D eigenvalue weighted by atomic mass is 10.0. The minimum atomic E-state index is 0.151. The van der Waals surface area contributed by atoms with Gasteiger partial charge in [-0.15, -0.1) is 0 Å². The molecule has 1 aliphatic heterocycles. The molecule has 1 aliphatic rings. The van der Waals surface area contributed by atoms with Gasteiger partial charge in [0, 0.05) is 18.1 Å². The maximum absolute atomic E-state index is 9.16. The van der Waals surface area contributed by atoms with Gasteiger partial charge < -0.3 is 15.1 Å². The first-order valence-corrected chi connectivity index (χ1v) is 3.98. The standard InChI is InChI=1S/C9H9NO3/c11-6-1-2-7-8(10-12)3-4-13-9(7)5-6/h1-2,5,11-12H,3-4H2/b10-8+. The van der Waals surface area contributed by atoms with Crippen LogP contribution in [-0.2, 0) is 0 Å². The molecule has 0 fully saturated rings. The van der Waals surface area contributed by atoms with Crippen molar-refractivity contribution in [2.24, 2.45) is 5.16 Å². The number of hydrogen-bond acceptors (Lipinski definition) is 4. The van der Waals surface area contributed by atoms with Gasteiger partial charge >= 0.3 is 0 Å². The van der Waals surface area contributed by atoms with Crippen molar-refractivity contribution < 1.29 is 15.1 Å². The fraction of sp³-hybridized carbons (Fsp3) is 0.222. The summed E-state index contributed by atoms with van der Waals surface area (Å²) in [7, 11) is 0. The Morgan fingerprint density at radius 1 is 1.38 bits per heavy atom. The van der Waals surface area contributed by atoms with E-state index in [0.717, 1.165) is 5.56 Å². The third-order valence-electron chi connectivity index (χ3n) is 1.99. The minimum Gasteiger partial charge on any atom is -0.508 e. The molecular weight excluding hydrogens is 170 g/mol. The number of benzene rings is 1. The van der Waals surface area contributed by atoms with Gasteiger partial charge in [-0.2, -0.15) is 0 Å². The predicted molar refractivity (Wildman–Crippen MR) is 46.5 cm³/mol. The molecule has 0 saturated heterocycles. The molecule has 2 rings (SSSR count). The number of fused-ring (bicyclic) bond motifs is 1. The van der Waals surface area contributed by atoms with Crippen LogP contribution in [0.25, 0.3) is 0 Å². The number of oxime groups is 1. The van der Waals surface area contributed by atoms with Gasteiger partial charge in [-0.25, -0.2) is 0 Å². The molecule has 4 heteroatoms. The second-order valence-corrected chi connectivity index (χ2v) is 2.83. The zero-order chi connectivity index (χ0) is 9.26. The Morgan fingerprint density at radius 3 is 3.00 bits per heavy atom. The predicted octanol–water partition coefficient (Wildman–Crippen LogP) is 1.35. The lowest BCUT2D eigenvalue weighted by Gasteiger charge is -2.17. The molecular formula is C9H9NO3. The summed E-state index contributed by atoms with van der Waals surface area (Å²) in [5, 5.41) is 21.0. The molecule has 1 aromatic rings. The van der Waals surface area contributed by atoms with Gasteiger partial charge in [0.25, 0.3) is 0 Å². The Kier molecular flexibility index (Phi) is 1.81. The molecule has 0 unspecified atom stereocenters. The van der Waals surface area contributed by atoms with Crippen molar-refractivity contribution in [1.82, 2.24) is 0 Å². The van der Waals surface area contributed by atoms with Crippen molar-refractivity contribution in [2.75, 3.05) is 6.61 Å². The highest BCUT2D eigenvalue weighted by Gasteiger charge is 2.17. The minimum absolute atomic E-state index is 0.151. The number of rotatable bonds is 0. The molecule has 68 valence electrons. The van der Waals surface area contributed by atoms with E-state index in [4.69, 9.17) is 15.1 Å². The van der Waals surface area contributed by atoms with E-state index in [-0.39, 0.29) is 5.75 Å². The third kappa shape index (κ3) is 1.30. The Balaban J connectivity index is 2.52. The first-order valence-electron chi connectivity index (χ1n) is 3.98. The average Bonchev–Trinajstić information content (AvgIpc) is 2.16. The fourth-order valence-corrected chi connectivity index (χ4v) is 1.37. The van der Waals surface area contributed by atoms with Gasteiger partial charge in [0.2, 0.25) is 0 Å². The van der Waals surface area contributed by atoms with E-state index in [2.05, 4.69) is 5.16 Å². The summed E-state index contributed by atoms with van der Waals surface area (Å²) in [6, 6.07) is 4.73. The molecule has 0 aliphatic carbocycles. The first-order chi connectivity index (χ1) is 6.31. The number of nitrogens with zero attached hydrogens (tertiary/aromatic N) is 1. The molecule has 4 nitrogen and oxygen atoms in total. The summed E-state index contributed by atoms with van der Waals surface area (Å²) in [5.41, 5.74) is 1.34. The van der Waals surface area contributed by atoms with E-state index in [0.29, 0.717) is 24.5 Å². The largest absolute Gasteiger partial charge is 0.508 e. The van der Waals surface area contributed by atoms with Crippen molar-refractivity contribution in [3.63, 3.8) is 0 Å². The quantitative estimate of drug-likeness (QED) is 0.466. The van der Waals surface area contributed by atoms with Gasteiger partial charge in [-0.05, 0) is 12.1 Å². The van der Waals surface area contributed by atoms with E-state index >= 15 is 0 Å². The van der Waals surface area contributed by atoms with Crippen molar-refractivity contribution in [3.8, 4) is 11.5 Å². The first kappa shape index (κ1) is 7.91. The van der Waals surface area contributed by atoms with Gasteiger partial charge in [0.1, 0.15) is 11.5 Å². The smallest absolute Gasteiger partial charge is 0.132 e. The van der Waals surface area contributed by atoms with Gasteiger partial charge in [0.15, 0.2) is 0 Å². The van der Waals surface area contributed by atoms with Crippen molar-refractivity contribution in [2.45, 2.75) is 6.42 Å². The van der Waals surface area contributed by atoms with E-state index in [1.165, 1.54) is 6.07 Å². The number of phenols is 1. The molecule has 0 radical (unpaired) electrons. The van der Waals surface area contributed by atoms with E-state index < -0.39 is 0 Å². The molecule has 0 bridgehead atoms. The summed E-state index contributed by atoms with van der Waals surface area (Å²) in [6.45, 7) is 0.482. The molecule has 2 N–H and O–H groups in total. The SMILES string of the molecule is O/N=C1\CCOc2cc(O)ccc21. The van der Waals surface area contributed by atoms with E-state index in [9.17, 15) is 0 Å².